The molecular formula is C16H21N3O2S. The maximum Gasteiger partial charge on any atom is 0.265 e. The Morgan fingerprint density at radius 1 is 1.36 bits per heavy atom. The molecule has 0 aliphatic carbocycles. The van der Waals surface area contributed by atoms with Gasteiger partial charge >= 0.3 is 0 Å². The molecule has 22 heavy (non-hydrogen) atoms. The number of methoxy groups -OCH3 is 1. The summed E-state index contributed by atoms with van der Waals surface area (Å²) in [6, 6.07) is 8.11. The van der Waals surface area contributed by atoms with E-state index in [0.29, 0.717) is 4.88 Å². The number of benzene rings is 1. The molecule has 0 saturated carbocycles. The van der Waals surface area contributed by atoms with E-state index in [9.17, 15) is 4.79 Å². The minimum Gasteiger partial charge on any atom is -0.497 e. The van der Waals surface area contributed by atoms with Crippen molar-refractivity contribution in [2.24, 2.45) is 0 Å². The summed E-state index contributed by atoms with van der Waals surface area (Å²) in [5.74, 6) is 0.781. The highest BCUT2D eigenvalue weighted by Gasteiger charge is 2.16. The summed E-state index contributed by atoms with van der Waals surface area (Å²) in [6.07, 6.45) is 2.51. The molecule has 1 amide bonds. The summed E-state index contributed by atoms with van der Waals surface area (Å²) >= 11 is 1.16. The van der Waals surface area contributed by atoms with Gasteiger partial charge in [0, 0.05) is 6.04 Å². The second-order valence-corrected chi connectivity index (χ2v) is 5.92. The molecule has 0 bridgehead atoms. The third-order valence-corrected chi connectivity index (χ3v) is 4.27. The van der Waals surface area contributed by atoms with E-state index in [0.717, 1.165) is 42.2 Å². The molecule has 0 aliphatic heterocycles. The highest BCUT2D eigenvalue weighted by Crippen LogP contribution is 2.14. The fraction of sp³-hybridized carbons (Fsp3) is 0.438. The van der Waals surface area contributed by atoms with Gasteiger partial charge in [-0.05, 0) is 55.4 Å². The van der Waals surface area contributed by atoms with Crippen molar-refractivity contribution in [1.82, 2.24) is 14.9 Å². The van der Waals surface area contributed by atoms with Gasteiger partial charge in [0.25, 0.3) is 5.91 Å². The second-order valence-electron chi connectivity index (χ2n) is 5.16. The molecule has 1 aromatic carbocycles. The molecule has 2 rings (SSSR count). The topological polar surface area (TPSA) is 64.1 Å². The number of aromatic nitrogens is 2. The van der Waals surface area contributed by atoms with Crippen LogP contribution in [-0.2, 0) is 12.8 Å². The zero-order chi connectivity index (χ0) is 15.9. The third kappa shape index (κ3) is 4.27. The minimum absolute atomic E-state index is 0.0749. The number of hydrogen-bond acceptors (Lipinski definition) is 5. The fourth-order valence-corrected chi connectivity index (χ4v) is 2.80. The number of carbonyl (C=O) groups is 1. The van der Waals surface area contributed by atoms with Crippen LogP contribution in [0.1, 0.15) is 41.2 Å². The monoisotopic (exact) mass is 319 g/mol. The zero-order valence-electron chi connectivity index (χ0n) is 13.1. The van der Waals surface area contributed by atoms with Crippen LogP contribution in [0.5, 0.6) is 5.75 Å². The number of rotatable bonds is 7. The van der Waals surface area contributed by atoms with Crippen molar-refractivity contribution in [2.75, 3.05) is 7.11 Å². The van der Waals surface area contributed by atoms with Gasteiger partial charge in [0.1, 0.15) is 10.6 Å². The maximum atomic E-state index is 12.2. The highest BCUT2D eigenvalue weighted by molar-refractivity contribution is 7.08. The van der Waals surface area contributed by atoms with E-state index >= 15 is 0 Å². The van der Waals surface area contributed by atoms with Crippen molar-refractivity contribution in [3.8, 4) is 5.75 Å². The molecule has 1 atom stereocenters. The Balaban J connectivity index is 1.84. The molecule has 1 aromatic heterocycles. The van der Waals surface area contributed by atoms with E-state index in [1.165, 1.54) is 5.56 Å². The van der Waals surface area contributed by atoms with Crippen LogP contribution in [-0.4, -0.2) is 28.6 Å². The molecule has 0 unspecified atom stereocenters. The van der Waals surface area contributed by atoms with Crippen molar-refractivity contribution >= 4 is 17.4 Å². The van der Waals surface area contributed by atoms with Gasteiger partial charge in [-0.15, -0.1) is 5.10 Å². The number of aryl methyl sites for hydroxylation is 2. The lowest BCUT2D eigenvalue weighted by Crippen LogP contribution is -2.32. The van der Waals surface area contributed by atoms with Crippen molar-refractivity contribution in [3.05, 3.63) is 40.4 Å². The first kappa shape index (κ1) is 16.4. The predicted octanol–water partition coefficient (Wildman–Crippen LogP) is 2.86. The lowest BCUT2D eigenvalue weighted by molar-refractivity contribution is 0.0941. The molecule has 1 heterocycles. The van der Waals surface area contributed by atoms with Crippen LogP contribution in [0.3, 0.4) is 0 Å². The third-order valence-electron chi connectivity index (χ3n) is 3.50. The molecule has 0 aliphatic rings. The van der Waals surface area contributed by atoms with Gasteiger partial charge in [0.2, 0.25) is 0 Å². The van der Waals surface area contributed by atoms with Crippen LogP contribution in [0.2, 0.25) is 0 Å². The standard InChI is InChI=1S/C16H21N3O2S/c1-4-14-15(22-19-18-14)16(20)17-11(2)5-6-12-7-9-13(21-3)10-8-12/h7-11H,4-6H2,1-3H3,(H,17,20)/t11-/m0/s1. The predicted molar refractivity (Wildman–Crippen MR) is 87.5 cm³/mol. The largest absolute Gasteiger partial charge is 0.497 e. The van der Waals surface area contributed by atoms with Crippen LogP contribution in [0.15, 0.2) is 24.3 Å². The molecule has 0 fully saturated rings. The summed E-state index contributed by atoms with van der Waals surface area (Å²) in [5, 5.41) is 6.99. The second kappa shape index (κ2) is 7.89. The highest BCUT2D eigenvalue weighted by atomic mass is 32.1. The Bertz CT molecular complexity index is 610. The van der Waals surface area contributed by atoms with E-state index in [2.05, 4.69) is 27.0 Å². The van der Waals surface area contributed by atoms with Gasteiger partial charge in [0.05, 0.1) is 12.8 Å². The average Bonchev–Trinajstić information content (AvgIpc) is 3.02. The van der Waals surface area contributed by atoms with E-state index in [-0.39, 0.29) is 11.9 Å². The summed E-state index contributed by atoms with van der Waals surface area (Å²) in [7, 11) is 1.66. The van der Waals surface area contributed by atoms with Crippen LogP contribution < -0.4 is 10.1 Å². The number of ether oxygens (including phenoxy) is 1. The van der Waals surface area contributed by atoms with Crippen LogP contribution in [0.25, 0.3) is 0 Å². The lowest BCUT2D eigenvalue weighted by atomic mass is 10.1. The summed E-state index contributed by atoms with van der Waals surface area (Å²) in [6.45, 7) is 3.99. The van der Waals surface area contributed by atoms with Gasteiger partial charge in [-0.1, -0.05) is 23.5 Å². The Hall–Kier alpha value is -1.95. The van der Waals surface area contributed by atoms with Crippen LogP contribution in [0.4, 0.5) is 0 Å². The van der Waals surface area contributed by atoms with E-state index < -0.39 is 0 Å². The molecule has 118 valence electrons. The van der Waals surface area contributed by atoms with Gasteiger partial charge in [-0.3, -0.25) is 4.79 Å². The van der Waals surface area contributed by atoms with Gasteiger partial charge in [-0.2, -0.15) is 0 Å². The number of hydrogen-bond donors (Lipinski definition) is 1. The molecule has 0 spiro atoms. The molecule has 1 N–H and O–H groups in total. The molecular weight excluding hydrogens is 298 g/mol. The van der Waals surface area contributed by atoms with Crippen molar-refractivity contribution in [1.29, 1.82) is 0 Å². The van der Waals surface area contributed by atoms with Crippen LogP contribution in [0, 0.1) is 0 Å². The first-order valence-electron chi connectivity index (χ1n) is 7.39. The zero-order valence-corrected chi connectivity index (χ0v) is 13.9. The van der Waals surface area contributed by atoms with Gasteiger partial charge in [-0.25, -0.2) is 0 Å². The van der Waals surface area contributed by atoms with Crippen molar-refractivity contribution < 1.29 is 9.53 Å². The number of nitrogens with one attached hydrogen (secondary N) is 1. The number of amides is 1. The van der Waals surface area contributed by atoms with E-state index in [1.54, 1.807) is 7.11 Å². The van der Waals surface area contributed by atoms with Crippen molar-refractivity contribution in [3.63, 3.8) is 0 Å². The number of carbonyl (C=O) groups excluding carboxylic acids is 1. The fourth-order valence-electron chi connectivity index (χ4n) is 2.15. The molecule has 0 radical (unpaired) electrons. The Morgan fingerprint density at radius 2 is 2.09 bits per heavy atom. The van der Waals surface area contributed by atoms with Gasteiger partial charge < -0.3 is 10.1 Å². The molecule has 0 saturated heterocycles. The van der Waals surface area contributed by atoms with Crippen LogP contribution >= 0.6 is 11.5 Å². The summed E-state index contributed by atoms with van der Waals surface area (Å²) < 4.78 is 8.99. The smallest absolute Gasteiger partial charge is 0.265 e. The maximum absolute atomic E-state index is 12.2. The normalized spacial score (nSPS) is 12.0. The lowest BCUT2D eigenvalue weighted by Gasteiger charge is -2.13. The van der Waals surface area contributed by atoms with Gasteiger partial charge in [0.15, 0.2) is 0 Å². The first-order chi connectivity index (χ1) is 10.6. The summed E-state index contributed by atoms with van der Waals surface area (Å²) in [5.41, 5.74) is 2.00. The van der Waals surface area contributed by atoms with E-state index in [1.807, 2.05) is 26.0 Å². The Kier molecular flexibility index (Phi) is 5.89. The number of nitrogens with zero attached hydrogens (tertiary/aromatic N) is 2. The Morgan fingerprint density at radius 3 is 2.73 bits per heavy atom. The first-order valence-corrected chi connectivity index (χ1v) is 8.16. The minimum atomic E-state index is -0.0749. The Labute approximate surface area is 134 Å². The quantitative estimate of drug-likeness (QED) is 0.852. The van der Waals surface area contributed by atoms with Crippen molar-refractivity contribution in [2.45, 2.75) is 39.2 Å². The molecule has 2 aromatic rings. The van der Waals surface area contributed by atoms with E-state index in [4.69, 9.17) is 4.74 Å². The molecule has 5 nitrogen and oxygen atoms in total. The molecule has 6 heteroatoms. The summed E-state index contributed by atoms with van der Waals surface area (Å²) in [4.78, 5) is 12.8. The SMILES string of the molecule is CCc1nnsc1C(=O)N[C@@H](C)CCc1ccc(OC)cc1. The average molecular weight is 319 g/mol.